The van der Waals surface area contributed by atoms with Crippen LogP contribution in [0.3, 0.4) is 0 Å². The zero-order chi connectivity index (χ0) is 20.8. The van der Waals surface area contributed by atoms with Crippen LogP contribution in [0, 0.1) is 0 Å². The summed E-state index contributed by atoms with van der Waals surface area (Å²) in [6.45, 7) is 0. The van der Waals surface area contributed by atoms with Gasteiger partial charge in [0.05, 0.1) is 0 Å². The third-order valence-corrected chi connectivity index (χ3v) is 6.87. The molecule has 5 aromatic rings. The molecule has 1 aliphatic heterocycles. The molecule has 0 saturated heterocycles. The molecule has 1 aromatic carbocycles. The summed E-state index contributed by atoms with van der Waals surface area (Å²) >= 11 is 1.81. The molecule has 1 unspecified atom stereocenters. The SMILES string of the molecule is O=C(c1ccn2c1CSC2c1cccnc1)c1c[nH]c2cc(-c3ncccn3)ccc12. The van der Waals surface area contributed by atoms with Gasteiger partial charge < -0.3 is 9.55 Å². The van der Waals surface area contributed by atoms with Gasteiger partial charge in [-0.15, -0.1) is 11.8 Å². The lowest BCUT2D eigenvalue weighted by Crippen LogP contribution is -2.05. The highest BCUT2D eigenvalue weighted by Gasteiger charge is 2.29. The maximum Gasteiger partial charge on any atom is 0.197 e. The monoisotopic (exact) mass is 423 g/mol. The van der Waals surface area contributed by atoms with Crippen molar-refractivity contribution in [2.24, 2.45) is 0 Å². The summed E-state index contributed by atoms with van der Waals surface area (Å²) in [6, 6.07) is 13.7. The number of hydrogen-bond donors (Lipinski definition) is 1. The first kappa shape index (κ1) is 18.1. The number of carbonyl (C=O) groups is 1. The molecule has 0 aliphatic carbocycles. The number of ketones is 1. The quantitative estimate of drug-likeness (QED) is 0.418. The predicted octanol–water partition coefficient (Wildman–Crippen LogP) is 4.85. The maximum atomic E-state index is 13.5. The highest BCUT2D eigenvalue weighted by Crippen LogP contribution is 2.42. The topological polar surface area (TPSA) is 76.5 Å². The average Bonchev–Trinajstić information content (AvgIpc) is 3.54. The number of nitrogens with one attached hydrogen (secondary N) is 1. The van der Waals surface area contributed by atoms with Crippen LogP contribution in [0.1, 0.15) is 32.6 Å². The molecule has 1 aliphatic rings. The Labute approximate surface area is 182 Å². The highest BCUT2D eigenvalue weighted by molar-refractivity contribution is 7.99. The average molecular weight is 424 g/mol. The standard InChI is InChI=1S/C24H17N5OS/c30-22(18-6-10-29-21(18)14-31-24(29)16-3-1-7-25-12-16)19-13-28-20-11-15(4-5-17(19)20)23-26-8-2-9-27-23/h1-13,24,28H,14H2. The third kappa shape index (κ3) is 2.97. The van der Waals surface area contributed by atoms with Crippen molar-refractivity contribution in [3.63, 3.8) is 0 Å². The second-order valence-corrected chi connectivity index (χ2v) is 8.47. The van der Waals surface area contributed by atoms with Crippen molar-refractivity contribution in [1.82, 2.24) is 24.5 Å². The molecule has 4 aromatic heterocycles. The van der Waals surface area contributed by atoms with Crippen LogP contribution in [-0.2, 0) is 5.75 Å². The fraction of sp³-hybridized carbons (Fsp3) is 0.0833. The first-order valence-corrected chi connectivity index (χ1v) is 11.0. The first-order valence-electron chi connectivity index (χ1n) is 9.94. The van der Waals surface area contributed by atoms with Crippen molar-refractivity contribution in [1.29, 1.82) is 0 Å². The smallest absolute Gasteiger partial charge is 0.197 e. The van der Waals surface area contributed by atoms with Crippen LogP contribution < -0.4 is 0 Å². The zero-order valence-corrected chi connectivity index (χ0v) is 17.2. The number of pyridine rings is 1. The molecular weight excluding hydrogens is 406 g/mol. The number of nitrogens with zero attached hydrogens (tertiary/aromatic N) is 4. The Morgan fingerprint density at radius 2 is 1.97 bits per heavy atom. The Bertz CT molecular complexity index is 1410. The molecule has 0 fully saturated rings. The van der Waals surface area contributed by atoms with Crippen molar-refractivity contribution < 1.29 is 4.79 Å². The van der Waals surface area contributed by atoms with Crippen molar-refractivity contribution in [3.05, 3.63) is 102 Å². The van der Waals surface area contributed by atoms with E-state index in [0.29, 0.717) is 11.4 Å². The largest absolute Gasteiger partial charge is 0.360 e. The van der Waals surface area contributed by atoms with Gasteiger partial charge in [-0.25, -0.2) is 9.97 Å². The van der Waals surface area contributed by atoms with Gasteiger partial charge in [-0.1, -0.05) is 18.2 Å². The van der Waals surface area contributed by atoms with Crippen molar-refractivity contribution in [2.75, 3.05) is 0 Å². The number of aromatic amines is 1. The Morgan fingerprint density at radius 1 is 1.06 bits per heavy atom. The van der Waals surface area contributed by atoms with Gasteiger partial charge in [0.25, 0.3) is 0 Å². The van der Waals surface area contributed by atoms with Crippen LogP contribution in [0.25, 0.3) is 22.3 Å². The van der Waals surface area contributed by atoms with E-state index in [0.717, 1.165) is 39.0 Å². The number of thioether (sulfide) groups is 1. The van der Waals surface area contributed by atoms with Crippen molar-refractivity contribution in [2.45, 2.75) is 11.1 Å². The van der Waals surface area contributed by atoms with Gasteiger partial charge in [0.1, 0.15) is 5.37 Å². The molecule has 0 amide bonds. The fourth-order valence-electron chi connectivity index (χ4n) is 4.12. The number of carbonyl (C=O) groups excluding carboxylic acids is 1. The summed E-state index contributed by atoms with van der Waals surface area (Å²) < 4.78 is 2.19. The molecule has 0 spiro atoms. The molecule has 0 saturated carbocycles. The number of rotatable bonds is 4. The normalized spacial score (nSPS) is 15.3. The highest BCUT2D eigenvalue weighted by atomic mass is 32.2. The van der Waals surface area contributed by atoms with E-state index in [9.17, 15) is 4.79 Å². The van der Waals surface area contributed by atoms with Gasteiger partial charge in [-0.2, -0.15) is 0 Å². The summed E-state index contributed by atoms with van der Waals surface area (Å²) in [6.07, 6.45) is 10.9. The second kappa shape index (κ2) is 7.21. The third-order valence-electron chi connectivity index (χ3n) is 5.62. The molecule has 6 nitrogen and oxygen atoms in total. The molecular formula is C24H17N5OS. The molecule has 1 atom stereocenters. The Hall–Kier alpha value is -3.71. The number of aromatic nitrogens is 5. The summed E-state index contributed by atoms with van der Waals surface area (Å²) in [7, 11) is 0. The predicted molar refractivity (Wildman–Crippen MR) is 121 cm³/mol. The van der Waals surface area contributed by atoms with Crippen LogP contribution >= 0.6 is 11.8 Å². The Kier molecular flexibility index (Phi) is 4.21. The number of benzene rings is 1. The van der Waals surface area contributed by atoms with Gasteiger partial charge in [0.15, 0.2) is 11.6 Å². The van der Waals surface area contributed by atoms with Gasteiger partial charge >= 0.3 is 0 Å². The minimum Gasteiger partial charge on any atom is -0.360 e. The fourth-order valence-corrected chi connectivity index (χ4v) is 5.43. The van der Waals surface area contributed by atoms with E-state index in [-0.39, 0.29) is 11.2 Å². The van der Waals surface area contributed by atoms with Gasteiger partial charge in [0.2, 0.25) is 0 Å². The molecule has 6 rings (SSSR count). The van der Waals surface area contributed by atoms with E-state index in [2.05, 4.69) is 30.6 Å². The van der Waals surface area contributed by atoms with E-state index in [1.807, 2.05) is 54.5 Å². The maximum absolute atomic E-state index is 13.5. The lowest BCUT2D eigenvalue weighted by molar-refractivity contribution is 0.103. The second-order valence-electron chi connectivity index (χ2n) is 7.40. The molecule has 5 heterocycles. The van der Waals surface area contributed by atoms with E-state index >= 15 is 0 Å². The molecule has 31 heavy (non-hydrogen) atoms. The first-order chi connectivity index (χ1) is 15.3. The van der Waals surface area contributed by atoms with Crippen LogP contribution in [0.2, 0.25) is 0 Å². The summed E-state index contributed by atoms with van der Waals surface area (Å²) in [4.78, 5) is 29.6. The minimum absolute atomic E-state index is 0.0381. The van der Waals surface area contributed by atoms with Crippen LogP contribution in [-0.4, -0.2) is 30.3 Å². The minimum atomic E-state index is 0.0381. The molecule has 0 bridgehead atoms. The van der Waals surface area contributed by atoms with Crippen molar-refractivity contribution >= 4 is 28.4 Å². The van der Waals surface area contributed by atoms with Crippen LogP contribution in [0.15, 0.2) is 79.6 Å². The van der Waals surface area contributed by atoms with E-state index in [4.69, 9.17) is 0 Å². The number of fused-ring (bicyclic) bond motifs is 2. The molecule has 7 heteroatoms. The van der Waals surface area contributed by atoms with Gasteiger partial charge in [0, 0.05) is 81.8 Å². The van der Waals surface area contributed by atoms with Gasteiger partial charge in [-0.05, 0) is 24.3 Å². The summed E-state index contributed by atoms with van der Waals surface area (Å²) in [5.74, 6) is 1.50. The summed E-state index contributed by atoms with van der Waals surface area (Å²) in [5.41, 5.74) is 5.45. The molecule has 1 N–H and O–H groups in total. The molecule has 0 radical (unpaired) electrons. The number of H-pyrrole nitrogens is 1. The van der Waals surface area contributed by atoms with E-state index in [1.165, 1.54) is 0 Å². The zero-order valence-electron chi connectivity index (χ0n) is 16.4. The Balaban J connectivity index is 1.36. The van der Waals surface area contributed by atoms with Crippen molar-refractivity contribution in [3.8, 4) is 11.4 Å². The molecule has 150 valence electrons. The summed E-state index contributed by atoms with van der Waals surface area (Å²) in [5, 5.41) is 1.06. The van der Waals surface area contributed by atoms with E-state index in [1.54, 1.807) is 30.9 Å². The Morgan fingerprint density at radius 3 is 2.81 bits per heavy atom. The van der Waals surface area contributed by atoms with Gasteiger partial charge in [-0.3, -0.25) is 9.78 Å². The lowest BCUT2D eigenvalue weighted by Gasteiger charge is -2.11. The van der Waals surface area contributed by atoms with Crippen LogP contribution in [0.4, 0.5) is 0 Å². The lowest BCUT2D eigenvalue weighted by atomic mass is 10.0. The van der Waals surface area contributed by atoms with E-state index < -0.39 is 0 Å². The van der Waals surface area contributed by atoms with Crippen LogP contribution in [0.5, 0.6) is 0 Å². The number of hydrogen-bond acceptors (Lipinski definition) is 5.